The van der Waals surface area contributed by atoms with Crippen molar-refractivity contribution in [2.75, 3.05) is 26.2 Å². The molecule has 21 heavy (non-hydrogen) atoms. The molecule has 0 aromatic carbocycles. The summed E-state index contributed by atoms with van der Waals surface area (Å²) < 4.78 is 0. The van der Waals surface area contributed by atoms with Crippen molar-refractivity contribution >= 4 is 12.0 Å². The maximum absolute atomic E-state index is 11.9. The Balaban J connectivity index is 1.65. The van der Waals surface area contributed by atoms with Gasteiger partial charge < -0.3 is 20.6 Å². The van der Waals surface area contributed by atoms with Crippen molar-refractivity contribution in [3.05, 3.63) is 0 Å². The van der Waals surface area contributed by atoms with Crippen molar-refractivity contribution in [1.82, 2.24) is 15.5 Å². The molecule has 0 bridgehead atoms. The monoisotopic (exact) mass is 297 g/mol. The van der Waals surface area contributed by atoms with Gasteiger partial charge in [0, 0.05) is 12.6 Å². The molecule has 1 atom stereocenters. The summed E-state index contributed by atoms with van der Waals surface area (Å²) >= 11 is 0. The molecule has 120 valence electrons. The second-order valence-corrected chi connectivity index (χ2v) is 6.27. The number of nitrogens with one attached hydrogen (secondary N) is 2. The zero-order chi connectivity index (χ0) is 15.2. The highest BCUT2D eigenvalue weighted by molar-refractivity contribution is 5.75. The number of hydrogen-bond acceptors (Lipinski definition) is 3. The third-order valence-corrected chi connectivity index (χ3v) is 4.61. The number of carbonyl (C=O) groups is 2. The lowest BCUT2D eigenvalue weighted by atomic mass is 9.97. The number of hydrogen-bond donors (Lipinski definition) is 3. The van der Waals surface area contributed by atoms with Gasteiger partial charge in [-0.1, -0.05) is 6.92 Å². The second-order valence-electron chi connectivity index (χ2n) is 6.27. The molecule has 0 aromatic heterocycles. The van der Waals surface area contributed by atoms with E-state index in [2.05, 4.69) is 22.5 Å². The molecule has 1 heterocycles. The average molecular weight is 297 g/mol. The van der Waals surface area contributed by atoms with Gasteiger partial charge in [0.25, 0.3) is 0 Å². The van der Waals surface area contributed by atoms with E-state index >= 15 is 0 Å². The highest BCUT2D eigenvalue weighted by Gasteiger charge is 2.33. The fourth-order valence-electron chi connectivity index (χ4n) is 2.99. The molecule has 2 rings (SSSR count). The van der Waals surface area contributed by atoms with Gasteiger partial charge in [-0.05, 0) is 57.2 Å². The van der Waals surface area contributed by atoms with Gasteiger partial charge in [-0.15, -0.1) is 0 Å². The van der Waals surface area contributed by atoms with Crippen LogP contribution in [0.2, 0.25) is 0 Å². The molecule has 2 amide bonds. The number of carbonyl (C=O) groups excluding carboxylic acids is 1. The summed E-state index contributed by atoms with van der Waals surface area (Å²) in [6.07, 6.45) is 4.30. The van der Waals surface area contributed by atoms with Gasteiger partial charge in [0.05, 0.1) is 6.42 Å². The molecule has 2 aliphatic rings. The summed E-state index contributed by atoms with van der Waals surface area (Å²) in [4.78, 5) is 25.1. The maximum atomic E-state index is 11.9. The first-order chi connectivity index (χ1) is 10.1. The Morgan fingerprint density at radius 3 is 2.43 bits per heavy atom. The van der Waals surface area contributed by atoms with Crippen LogP contribution in [0.4, 0.5) is 4.79 Å². The molecule has 1 saturated carbocycles. The maximum Gasteiger partial charge on any atom is 0.315 e. The fourth-order valence-corrected chi connectivity index (χ4v) is 2.99. The van der Waals surface area contributed by atoms with E-state index in [4.69, 9.17) is 5.11 Å². The smallest absolute Gasteiger partial charge is 0.315 e. The molecule has 0 radical (unpaired) electrons. The molecule has 0 spiro atoms. The summed E-state index contributed by atoms with van der Waals surface area (Å²) in [6.45, 7) is 6.17. The number of rotatable bonds is 7. The SMILES string of the molecule is CCN1CCC(CNC(=O)NC(CC(=O)O)C2CC2)CC1. The molecule has 6 nitrogen and oxygen atoms in total. The molecule has 1 unspecified atom stereocenters. The molecular formula is C15H27N3O3. The van der Waals surface area contributed by atoms with E-state index in [1.54, 1.807) is 0 Å². The molecule has 0 aromatic rings. The van der Waals surface area contributed by atoms with Crippen molar-refractivity contribution < 1.29 is 14.7 Å². The van der Waals surface area contributed by atoms with E-state index in [0.29, 0.717) is 18.4 Å². The summed E-state index contributed by atoms with van der Waals surface area (Å²) in [5.41, 5.74) is 0. The summed E-state index contributed by atoms with van der Waals surface area (Å²) in [5.74, 6) is 0.0381. The van der Waals surface area contributed by atoms with Crippen molar-refractivity contribution in [1.29, 1.82) is 0 Å². The van der Waals surface area contributed by atoms with Crippen LogP contribution in [0.3, 0.4) is 0 Å². The van der Waals surface area contributed by atoms with Gasteiger partial charge in [-0.3, -0.25) is 4.79 Å². The van der Waals surface area contributed by atoms with E-state index in [-0.39, 0.29) is 18.5 Å². The van der Waals surface area contributed by atoms with Gasteiger partial charge in [-0.25, -0.2) is 4.79 Å². The summed E-state index contributed by atoms with van der Waals surface area (Å²) in [6, 6.07) is -0.435. The lowest BCUT2D eigenvalue weighted by molar-refractivity contribution is -0.137. The first kappa shape index (κ1) is 16.1. The topological polar surface area (TPSA) is 81.7 Å². The zero-order valence-electron chi connectivity index (χ0n) is 12.8. The van der Waals surface area contributed by atoms with E-state index in [0.717, 1.165) is 45.3 Å². The Morgan fingerprint density at radius 2 is 1.90 bits per heavy atom. The van der Waals surface area contributed by atoms with E-state index in [9.17, 15) is 9.59 Å². The Hall–Kier alpha value is -1.30. The van der Waals surface area contributed by atoms with Crippen LogP contribution in [0, 0.1) is 11.8 Å². The van der Waals surface area contributed by atoms with Crippen LogP contribution in [0.1, 0.15) is 39.0 Å². The predicted octanol–water partition coefficient (Wildman–Crippen LogP) is 1.27. The number of piperidine rings is 1. The van der Waals surface area contributed by atoms with Gasteiger partial charge >= 0.3 is 12.0 Å². The Labute approximate surface area is 126 Å². The number of urea groups is 1. The number of nitrogens with zero attached hydrogens (tertiary/aromatic N) is 1. The third kappa shape index (κ3) is 5.53. The first-order valence-electron chi connectivity index (χ1n) is 8.07. The van der Waals surface area contributed by atoms with Gasteiger partial charge in [0.15, 0.2) is 0 Å². The number of carboxylic acids is 1. The van der Waals surface area contributed by atoms with Crippen LogP contribution < -0.4 is 10.6 Å². The minimum atomic E-state index is -0.848. The highest BCUT2D eigenvalue weighted by atomic mass is 16.4. The molecule has 1 saturated heterocycles. The van der Waals surface area contributed by atoms with Crippen molar-refractivity contribution in [2.45, 2.75) is 45.1 Å². The average Bonchev–Trinajstić information content (AvgIpc) is 3.29. The number of aliphatic carboxylic acids is 1. The van der Waals surface area contributed by atoms with Crippen LogP contribution in [-0.4, -0.2) is 54.2 Å². The number of amides is 2. The van der Waals surface area contributed by atoms with Gasteiger partial charge in [0.2, 0.25) is 0 Å². The molecule has 1 aliphatic heterocycles. The van der Waals surface area contributed by atoms with Crippen molar-refractivity contribution in [3.63, 3.8) is 0 Å². The van der Waals surface area contributed by atoms with Crippen LogP contribution in [0.25, 0.3) is 0 Å². The molecule has 6 heteroatoms. The molecular weight excluding hydrogens is 270 g/mol. The summed E-state index contributed by atoms with van der Waals surface area (Å²) in [5, 5.41) is 14.6. The minimum Gasteiger partial charge on any atom is -0.481 e. The second kappa shape index (κ2) is 7.64. The molecule has 2 fully saturated rings. The predicted molar refractivity (Wildman–Crippen MR) is 80.1 cm³/mol. The zero-order valence-corrected chi connectivity index (χ0v) is 12.8. The fraction of sp³-hybridized carbons (Fsp3) is 0.867. The molecule has 3 N–H and O–H groups in total. The van der Waals surface area contributed by atoms with Gasteiger partial charge in [0.1, 0.15) is 0 Å². The largest absolute Gasteiger partial charge is 0.481 e. The van der Waals surface area contributed by atoms with Crippen LogP contribution in [-0.2, 0) is 4.79 Å². The van der Waals surface area contributed by atoms with E-state index in [1.165, 1.54) is 0 Å². The highest BCUT2D eigenvalue weighted by Crippen LogP contribution is 2.33. The van der Waals surface area contributed by atoms with Crippen LogP contribution in [0.15, 0.2) is 0 Å². The van der Waals surface area contributed by atoms with E-state index in [1.807, 2.05) is 0 Å². The van der Waals surface area contributed by atoms with Crippen LogP contribution >= 0.6 is 0 Å². The Kier molecular flexibility index (Phi) is 5.85. The standard InChI is InChI=1S/C15H27N3O3/c1-2-18-7-5-11(6-8-18)10-16-15(21)17-13(9-14(19)20)12-3-4-12/h11-13H,2-10H2,1H3,(H,19,20)(H2,16,17,21). The van der Waals surface area contributed by atoms with Gasteiger partial charge in [-0.2, -0.15) is 0 Å². The van der Waals surface area contributed by atoms with Crippen molar-refractivity contribution in [2.24, 2.45) is 11.8 Å². The lowest BCUT2D eigenvalue weighted by Crippen LogP contribution is -2.46. The Morgan fingerprint density at radius 1 is 1.24 bits per heavy atom. The quantitative estimate of drug-likeness (QED) is 0.661. The van der Waals surface area contributed by atoms with E-state index < -0.39 is 5.97 Å². The summed E-state index contributed by atoms with van der Waals surface area (Å²) in [7, 11) is 0. The lowest BCUT2D eigenvalue weighted by Gasteiger charge is -2.31. The normalized spacial score (nSPS) is 21.8. The third-order valence-electron chi connectivity index (χ3n) is 4.61. The number of likely N-dealkylation sites (tertiary alicyclic amines) is 1. The minimum absolute atomic E-state index is 0.0208. The first-order valence-corrected chi connectivity index (χ1v) is 8.07. The molecule has 1 aliphatic carbocycles. The van der Waals surface area contributed by atoms with Crippen molar-refractivity contribution in [3.8, 4) is 0 Å². The van der Waals surface area contributed by atoms with Crippen LogP contribution in [0.5, 0.6) is 0 Å². The number of carboxylic acid groups (broad SMARTS) is 1. The Bertz CT molecular complexity index is 363.